The Morgan fingerprint density at radius 2 is 1.28 bits per heavy atom. The first-order valence-corrected chi connectivity index (χ1v) is 15.9. The summed E-state index contributed by atoms with van der Waals surface area (Å²) in [5.41, 5.74) is 2.54. The van der Waals surface area contributed by atoms with Crippen LogP contribution in [0.1, 0.15) is 16.8 Å². The van der Waals surface area contributed by atoms with Gasteiger partial charge in [0.1, 0.15) is 7.19 Å². The Labute approximate surface area is 253 Å². The van der Waals surface area contributed by atoms with E-state index in [1.807, 2.05) is 66.7 Å². The number of nitro benzene ring substituents is 1. The molecule has 11 heteroatoms. The summed E-state index contributed by atoms with van der Waals surface area (Å²) in [6.45, 7) is 1.06. The number of ketones is 1. The van der Waals surface area contributed by atoms with Crippen molar-refractivity contribution >= 4 is 64.0 Å². The van der Waals surface area contributed by atoms with Gasteiger partial charge in [0.15, 0.2) is 5.45 Å². The van der Waals surface area contributed by atoms with Gasteiger partial charge in [0, 0.05) is 48.0 Å². The van der Waals surface area contributed by atoms with Gasteiger partial charge < -0.3 is 9.34 Å². The maximum absolute atomic E-state index is 14.7. The number of hydrogen-bond acceptors (Lipinski definition) is 7. The Morgan fingerprint density at radius 3 is 1.74 bits per heavy atom. The second kappa shape index (κ2) is 11.9. The highest BCUT2D eigenvalue weighted by molar-refractivity contribution is 7.97. The number of carbonyl (C=O) groups is 2. The number of alkyl halides is 1. The van der Waals surface area contributed by atoms with Crippen molar-refractivity contribution in [1.29, 1.82) is 0 Å². The minimum Gasteiger partial charge on any atom is -0.329 e. The lowest BCUT2D eigenvalue weighted by Crippen LogP contribution is -2.46. The second-order valence-electron chi connectivity index (χ2n) is 9.91. The molecule has 2 aliphatic rings. The SMILES string of the molecule is O=C(C1=NN(c2ccccc2)C(=O)C(CCCl)=P12N(c1ccccc1)CCN2c1ccccc1)c1ccc([N+](=O)[O-])cc1. The molecule has 0 aromatic heterocycles. The highest BCUT2D eigenvalue weighted by Crippen LogP contribution is 2.65. The van der Waals surface area contributed by atoms with Crippen molar-refractivity contribution in [3.05, 3.63) is 131 Å². The zero-order valence-corrected chi connectivity index (χ0v) is 24.6. The van der Waals surface area contributed by atoms with Gasteiger partial charge in [-0.05, 0) is 55.0 Å². The summed E-state index contributed by atoms with van der Waals surface area (Å²) in [4.78, 5) is 40.1. The van der Waals surface area contributed by atoms with Crippen LogP contribution in [0, 0.1) is 10.1 Å². The van der Waals surface area contributed by atoms with E-state index in [0.29, 0.717) is 24.1 Å². The first-order chi connectivity index (χ1) is 21.0. The zero-order valence-electron chi connectivity index (χ0n) is 23.0. The molecule has 0 radical (unpaired) electrons. The summed E-state index contributed by atoms with van der Waals surface area (Å²) in [6.07, 6.45) is 0.233. The van der Waals surface area contributed by atoms with Crippen molar-refractivity contribution in [2.24, 2.45) is 5.10 Å². The normalized spacial score (nSPS) is 16.0. The number of non-ortho nitro benzene ring substituents is 1. The molecular weight excluding hydrogens is 585 g/mol. The fraction of sp³-hybridized carbons (Fsp3) is 0.125. The molecule has 4 aromatic carbocycles. The number of halogens is 1. The number of amides is 1. The number of carbonyl (C=O) groups excluding carboxylic acids is 2. The van der Waals surface area contributed by atoms with Crippen molar-refractivity contribution in [2.75, 3.05) is 33.3 Å². The smallest absolute Gasteiger partial charge is 0.278 e. The van der Waals surface area contributed by atoms with Gasteiger partial charge in [0.2, 0.25) is 5.78 Å². The van der Waals surface area contributed by atoms with Gasteiger partial charge in [0.05, 0.1) is 15.9 Å². The third-order valence-corrected chi connectivity index (χ3v) is 12.0. The third kappa shape index (κ3) is 4.90. The number of rotatable bonds is 8. The number of anilines is 3. The molecule has 0 bridgehead atoms. The van der Waals surface area contributed by atoms with E-state index in [1.54, 1.807) is 24.3 Å². The first kappa shape index (κ1) is 28.4. The van der Waals surface area contributed by atoms with Gasteiger partial charge in [-0.1, -0.05) is 54.6 Å². The predicted molar refractivity (Wildman–Crippen MR) is 174 cm³/mol. The van der Waals surface area contributed by atoms with E-state index in [1.165, 1.54) is 29.3 Å². The minimum atomic E-state index is -3.23. The van der Waals surface area contributed by atoms with Gasteiger partial charge in [-0.25, -0.2) is 0 Å². The lowest BCUT2D eigenvalue weighted by Gasteiger charge is -2.44. The monoisotopic (exact) mass is 611 g/mol. The van der Waals surface area contributed by atoms with E-state index in [2.05, 4.69) is 9.34 Å². The number of hydrogen-bond donors (Lipinski definition) is 0. The molecule has 1 saturated heterocycles. The van der Waals surface area contributed by atoms with Crippen LogP contribution in [-0.2, 0) is 4.79 Å². The molecule has 216 valence electrons. The molecule has 2 aliphatic heterocycles. The predicted octanol–water partition coefficient (Wildman–Crippen LogP) is 6.81. The van der Waals surface area contributed by atoms with E-state index in [9.17, 15) is 19.7 Å². The van der Waals surface area contributed by atoms with Crippen molar-refractivity contribution in [3.8, 4) is 0 Å². The van der Waals surface area contributed by atoms with Crippen LogP contribution in [0.2, 0.25) is 0 Å². The summed E-state index contributed by atoms with van der Waals surface area (Å²) in [7, 11) is -3.23. The molecule has 0 N–H and O–H groups in total. The summed E-state index contributed by atoms with van der Waals surface area (Å²) >= 11 is 6.43. The Bertz CT molecular complexity index is 1710. The van der Waals surface area contributed by atoms with Crippen LogP contribution in [0.5, 0.6) is 0 Å². The topological polar surface area (TPSA) is 99.4 Å². The quantitative estimate of drug-likeness (QED) is 0.0713. The van der Waals surface area contributed by atoms with Crippen LogP contribution in [0.4, 0.5) is 22.7 Å². The summed E-state index contributed by atoms with van der Waals surface area (Å²) in [5.74, 6) is -0.563. The molecule has 9 nitrogen and oxygen atoms in total. The Morgan fingerprint density at radius 1 is 0.791 bits per heavy atom. The first-order valence-electron chi connectivity index (χ1n) is 13.7. The van der Waals surface area contributed by atoms with Crippen molar-refractivity contribution < 1.29 is 14.5 Å². The lowest BCUT2D eigenvalue weighted by atomic mass is 10.1. The van der Waals surface area contributed by atoms with Crippen LogP contribution >= 0.6 is 18.8 Å². The van der Waals surface area contributed by atoms with Crippen LogP contribution in [0.3, 0.4) is 0 Å². The van der Waals surface area contributed by atoms with Crippen LogP contribution in [0.15, 0.2) is 120 Å². The van der Waals surface area contributed by atoms with Gasteiger partial charge in [-0.2, -0.15) is 10.1 Å². The Kier molecular flexibility index (Phi) is 7.84. The molecule has 4 aromatic rings. The van der Waals surface area contributed by atoms with Crippen LogP contribution < -0.4 is 14.3 Å². The molecule has 1 fully saturated rings. The molecule has 0 atom stereocenters. The zero-order chi connectivity index (χ0) is 30.0. The average Bonchev–Trinajstić information content (AvgIpc) is 3.44. The largest absolute Gasteiger partial charge is 0.329 e. The number of Topliss-reactive ketones (excluding diaryl/α,β-unsaturated/α-hetero) is 1. The third-order valence-electron chi connectivity index (χ3n) is 7.51. The van der Waals surface area contributed by atoms with Crippen LogP contribution in [0.25, 0.3) is 0 Å². The van der Waals surface area contributed by atoms with E-state index < -0.39 is 17.9 Å². The Hall–Kier alpha value is -4.72. The van der Waals surface area contributed by atoms with Crippen LogP contribution in [-0.4, -0.2) is 46.3 Å². The number of nitro groups is 1. The Balaban J connectivity index is 1.68. The van der Waals surface area contributed by atoms with Gasteiger partial charge in [-0.15, -0.1) is 11.6 Å². The van der Waals surface area contributed by atoms with Gasteiger partial charge >= 0.3 is 0 Å². The molecule has 1 spiro atoms. The molecule has 0 unspecified atom stereocenters. The highest BCUT2D eigenvalue weighted by atomic mass is 35.5. The second-order valence-corrected chi connectivity index (χ2v) is 13.4. The van der Waals surface area contributed by atoms with E-state index >= 15 is 0 Å². The molecule has 6 rings (SSSR count). The van der Waals surface area contributed by atoms with Crippen molar-refractivity contribution in [2.45, 2.75) is 6.42 Å². The number of benzene rings is 4. The van der Waals surface area contributed by atoms with Gasteiger partial charge in [0.25, 0.3) is 11.6 Å². The minimum absolute atomic E-state index is 0.125. The molecule has 0 aliphatic carbocycles. The van der Waals surface area contributed by atoms with Gasteiger partial charge in [-0.3, -0.25) is 19.7 Å². The van der Waals surface area contributed by atoms with Crippen molar-refractivity contribution in [3.63, 3.8) is 0 Å². The number of hydrazone groups is 1. The summed E-state index contributed by atoms with van der Waals surface area (Å²) < 4.78 is 4.31. The maximum Gasteiger partial charge on any atom is 0.278 e. The lowest BCUT2D eigenvalue weighted by molar-refractivity contribution is -0.384. The molecule has 43 heavy (non-hydrogen) atoms. The molecule has 2 heterocycles. The van der Waals surface area contributed by atoms with E-state index in [-0.39, 0.29) is 34.9 Å². The standard InChI is InChI=1S/C32H27ClN5O4P/c33-21-20-29-32(40)37(27-14-8-3-9-15-27)34-31(30(39)24-16-18-28(19-17-24)38(41)42)43(29)35(25-10-4-1-5-11-25)22-23-36(43)26-12-6-2-7-13-26/h1-19H,20-23H2. The van der Waals surface area contributed by atoms with E-state index in [4.69, 9.17) is 16.7 Å². The molecule has 1 amide bonds. The molecule has 0 saturated carbocycles. The summed E-state index contributed by atoms with van der Waals surface area (Å²) in [6, 6.07) is 33.9. The fourth-order valence-corrected chi connectivity index (χ4v) is 10.6. The summed E-state index contributed by atoms with van der Waals surface area (Å²) in [5, 5.41) is 18.1. The maximum atomic E-state index is 14.7. The number of para-hydroxylation sites is 3. The van der Waals surface area contributed by atoms with E-state index in [0.717, 1.165) is 11.4 Å². The fourth-order valence-electron chi connectivity index (χ4n) is 5.65. The number of nitrogens with zero attached hydrogens (tertiary/aromatic N) is 5. The molecular formula is C32H27ClN5O4P. The average molecular weight is 612 g/mol. The highest BCUT2D eigenvalue weighted by Gasteiger charge is 2.53. The van der Waals surface area contributed by atoms with Crippen molar-refractivity contribution in [1.82, 2.24) is 0 Å².